The van der Waals surface area contributed by atoms with Gasteiger partial charge in [-0.15, -0.1) is 0 Å². The molecule has 1 aliphatic rings. The summed E-state index contributed by atoms with van der Waals surface area (Å²) in [7, 11) is 2.09. The Kier molecular flexibility index (Phi) is 4.57. The molecule has 0 aliphatic heterocycles. The molecule has 1 N–H and O–H groups in total. The van der Waals surface area contributed by atoms with Crippen LogP contribution in [0.4, 0.5) is 0 Å². The predicted molar refractivity (Wildman–Crippen MR) is 75.0 cm³/mol. The summed E-state index contributed by atoms with van der Waals surface area (Å²) in [5.41, 5.74) is 1.22. The van der Waals surface area contributed by atoms with Gasteiger partial charge in [-0.2, -0.15) is 0 Å². The van der Waals surface area contributed by atoms with Gasteiger partial charge in [0.05, 0.1) is 0 Å². The fourth-order valence-corrected chi connectivity index (χ4v) is 3.13. The Morgan fingerprint density at radius 3 is 2.88 bits per heavy atom. The monoisotopic (exact) mass is 296 g/mol. The maximum absolute atomic E-state index is 4.49. The number of nitrogens with one attached hydrogen (secondary N) is 1. The summed E-state index contributed by atoms with van der Waals surface area (Å²) in [4.78, 5) is 4.49. The summed E-state index contributed by atoms with van der Waals surface area (Å²) in [5, 5.41) is 3.47. The predicted octanol–water partition coefficient (Wildman–Crippen LogP) is 3.41. The number of hydrogen-bond acceptors (Lipinski definition) is 2. The zero-order valence-electron chi connectivity index (χ0n) is 10.6. The maximum atomic E-state index is 4.49. The minimum absolute atomic E-state index is 0.664. The number of halogens is 1. The van der Waals surface area contributed by atoms with Gasteiger partial charge in [0.15, 0.2) is 0 Å². The van der Waals surface area contributed by atoms with E-state index in [9.17, 15) is 0 Å². The number of pyridine rings is 1. The zero-order chi connectivity index (χ0) is 12.3. The Bertz CT molecular complexity index is 350. The molecule has 1 heterocycles. The first-order chi connectivity index (χ1) is 8.19. The third-order valence-corrected chi connectivity index (χ3v) is 4.34. The normalized spacial score (nSPS) is 29.2. The second kappa shape index (κ2) is 5.96. The molecule has 1 fully saturated rings. The molecule has 0 aromatic carbocycles. The van der Waals surface area contributed by atoms with E-state index in [2.05, 4.69) is 52.3 Å². The summed E-state index contributed by atoms with van der Waals surface area (Å²) in [6, 6.07) is 4.88. The van der Waals surface area contributed by atoms with Crippen LogP contribution >= 0.6 is 15.9 Å². The van der Waals surface area contributed by atoms with E-state index in [4.69, 9.17) is 0 Å². The van der Waals surface area contributed by atoms with Gasteiger partial charge in [-0.25, -0.2) is 0 Å². The van der Waals surface area contributed by atoms with Crippen molar-refractivity contribution in [2.75, 3.05) is 7.05 Å². The lowest BCUT2D eigenvalue weighted by molar-refractivity contribution is 0.219. The van der Waals surface area contributed by atoms with Gasteiger partial charge >= 0.3 is 0 Å². The van der Waals surface area contributed by atoms with E-state index in [0.29, 0.717) is 6.04 Å². The molecule has 2 nitrogen and oxygen atoms in total. The van der Waals surface area contributed by atoms with Crippen molar-refractivity contribution in [3.8, 4) is 0 Å². The summed E-state index contributed by atoms with van der Waals surface area (Å²) in [6.07, 6.45) is 6.98. The highest BCUT2D eigenvalue weighted by atomic mass is 79.9. The van der Waals surface area contributed by atoms with Gasteiger partial charge in [-0.3, -0.25) is 4.98 Å². The number of rotatable bonds is 3. The zero-order valence-corrected chi connectivity index (χ0v) is 12.2. The molecule has 3 atom stereocenters. The molecule has 1 aromatic heterocycles. The quantitative estimate of drug-likeness (QED) is 0.925. The summed E-state index contributed by atoms with van der Waals surface area (Å²) in [6.45, 7) is 2.37. The molecule has 0 bridgehead atoms. The Morgan fingerprint density at radius 2 is 2.24 bits per heavy atom. The molecule has 3 unspecified atom stereocenters. The molecule has 0 saturated heterocycles. The van der Waals surface area contributed by atoms with E-state index in [0.717, 1.165) is 22.7 Å². The van der Waals surface area contributed by atoms with E-state index >= 15 is 0 Å². The topological polar surface area (TPSA) is 24.9 Å². The van der Waals surface area contributed by atoms with Gasteiger partial charge in [-0.1, -0.05) is 6.92 Å². The second-order valence-electron chi connectivity index (χ2n) is 5.25. The van der Waals surface area contributed by atoms with Crippen molar-refractivity contribution in [1.82, 2.24) is 10.3 Å². The fourth-order valence-electron chi connectivity index (χ4n) is 2.90. The molecule has 0 amide bonds. The maximum Gasteiger partial charge on any atom is 0.0413 e. The highest BCUT2D eigenvalue weighted by molar-refractivity contribution is 9.10. The summed E-state index contributed by atoms with van der Waals surface area (Å²) in [5.74, 6) is 1.59. The molecule has 17 heavy (non-hydrogen) atoms. The van der Waals surface area contributed by atoms with Crippen molar-refractivity contribution in [2.45, 2.75) is 38.6 Å². The second-order valence-corrected chi connectivity index (χ2v) is 6.16. The number of nitrogens with zero attached hydrogens (tertiary/aromatic N) is 1. The summed E-state index contributed by atoms with van der Waals surface area (Å²) < 4.78 is 1.06. The van der Waals surface area contributed by atoms with Crippen molar-refractivity contribution in [1.29, 1.82) is 0 Å². The smallest absolute Gasteiger partial charge is 0.0413 e. The molecule has 94 valence electrons. The number of aromatic nitrogens is 1. The molecular formula is C14H21BrN2. The molecular weight excluding hydrogens is 276 g/mol. The van der Waals surface area contributed by atoms with E-state index in [-0.39, 0.29) is 0 Å². The van der Waals surface area contributed by atoms with Crippen LogP contribution in [0.25, 0.3) is 0 Å². The Balaban J connectivity index is 2.02. The minimum Gasteiger partial charge on any atom is -0.317 e. The fraction of sp³-hybridized carbons (Fsp3) is 0.643. The first-order valence-corrected chi connectivity index (χ1v) is 7.26. The van der Waals surface area contributed by atoms with Crippen molar-refractivity contribution in [3.63, 3.8) is 0 Å². The highest BCUT2D eigenvalue weighted by Gasteiger charge is 2.27. The van der Waals surface area contributed by atoms with Crippen LogP contribution in [0.3, 0.4) is 0 Å². The molecule has 1 aliphatic carbocycles. The van der Waals surface area contributed by atoms with E-state index in [1.54, 1.807) is 0 Å². The van der Waals surface area contributed by atoms with E-state index in [1.165, 1.54) is 25.0 Å². The lowest BCUT2D eigenvalue weighted by atomic mass is 9.76. The third kappa shape index (κ3) is 3.52. The molecule has 0 spiro atoms. The van der Waals surface area contributed by atoms with Gasteiger partial charge < -0.3 is 5.32 Å². The third-order valence-electron chi connectivity index (χ3n) is 3.88. The van der Waals surface area contributed by atoms with E-state index < -0.39 is 0 Å². The van der Waals surface area contributed by atoms with Crippen LogP contribution in [-0.4, -0.2) is 18.1 Å². The van der Waals surface area contributed by atoms with Crippen LogP contribution in [0.2, 0.25) is 0 Å². The first-order valence-electron chi connectivity index (χ1n) is 6.46. The van der Waals surface area contributed by atoms with E-state index in [1.807, 2.05) is 6.20 Å². The lowest BCUT2D eigenvalue weighted by Crippen LogP contribution is -2.39. The lowest BCUT2D eigenvalue weighted by Gasteiger charge is -2.34. The highest BCUT2D eigenvalue weighted by Crippen LogP contribution is 2.31. The standard InChI is InChI=1S/C14H21BrN2/c1-10-3-6-14(16-2)11(7-10)8-13-5-4-12(15)9-17-13/h4-5,9-11,14,16H,3,6-8H2,1-2H3. The van der Waals surface area contributed by atoms with Crippen molar-refractivity contribution in [3.05, 3.63) is 28.5 Å². The molecule has 1 saturated carbocycles. The molecule has 0 radical (unpaired) electrons. The van der Waals surface area contributed by atoms with Crippen LogP contribution in [0.5, 0.6) is 0 Å². The Hall–Kier alpha value is -0.410. The first kappa shape index (κ1) is 13.0. The van der Waals surface area contributed by atoms with Gasteiger partial charge in [0.2, 0.25) is 0 Å². The molecule has 3 heteroatoms. The van der Waals surface area contributed by atoms with Gasteiger partial charge in [-0.05, 0) is 72.6 Å². The molecule has 2 rings (SSSR count). The average molecular weight is 297 g/mol. The summed E-state index contributed by atoms with van der Waals surface area (Å²) >= 11 is 3.43. The Labute approximate surface area is 112 Å². The minimum atomic E-state index is 0.664. The van der Waals surface area contributed by atoms with Gasteiger partial charge in [0.1, 0.15) is 0 Å². The largest absolute Gasteiger partial charge is 0.317 e. The Morgan fingerprint density at radius 1 is 1.41 bits per heavy atom. The van der Waals surface area contributed by atoms with Crippen molar-refractivity contribution < 1.29 is 0 Å². The van der Waals surface area contributed by atoms with Crippen LogP contribution in [-0.2, 0) is 6.42 Å². The van der Waals surface area contributed by atoms with Crippen LogP contribution in [0.1, 0.15) is 31.9 Å². The van der Waals surface area contributed by atoms with Crippen LogP contribution in [0, 0.1) is 11.8 Å². The van der Waals surface area contributed by atoms with Crippen LogP contribution in [0.15, 0.2) is 22.8 Å². The van der Waals surface area contributed by atoms with Gasteiger partial charge in [0, 0.05) is 22.4 Å². The SMILES string of the molecule is CNC1CCC(C)CC1Cc1ccc(Br)cn1. The van der Waals surface area contributed by atoms with Crippen LogP contribution < -0.4 is 5.32 Å². The number of hydrogen-bond donors (Lipinski definition) is 1. The molecule has 1 aromatic rings. The average Bonchev–Trinajstić information content (AvgIpc) is 2.32. The van der Waals surface area contributed by atoms with Crippen molar-refractivity contribution in [2.24, 2.45) is 11.8 Å². The van der Waals surface area contributed by atoms with Gasteiger partial charge in [0.25, 0.3) is 0 Å². The van der Waals surface area contributed by atoms with Crippen molar-refractivity contribution >= 4 is 15.9 Å².